The maximum absolute atomic E-state index is 12.7. The monoisotopic (exact) mass is 323 g/mol. The zero-order valence-electron chi connectivity index (χ0n) is 13.7. The van der Waals surface area contributed by atoms with Gasteiger partial charge in [0.1, 0.15) is 0 Å². The molecule has 124 valence electrons. The number of aromatic carboxylic acids is 1. The lowest BCUT2D eigenvalue weighted by Gasteiger charge is -2.25. The summed E-state index contributed by atoms with van der Waals surface area (Å²) in [5.74, 6) is -0.658. The molecule has 1 N–H and O–H groups in total. The minimum absolute atomic E-state index is 0.00497. The SMILES string of the molecule is CC1C(c2ccccc2)CCN1C(=O)Cc1ccccc1C(=O)O. The predicted molar refractivity (Wildman–Crippen MR) is 92.1 cm³/mol. The maximum Gasteiger partial charge on any atom is 0.335 e. The molecule has 4 nitrogen and oxygen atoms in total. The van der Waals surface area contributed by atoms with Crippen LogP contribution in [0.4, 0.5) is 0 Å². The number of benzene rings is 2. The molecule has 2 aromatic carbocycles. The Labute approximate surface area is 141 Å². The molecule has 0 radical (unpaired) electrons. The van der Waals surface area contributed by atoms with Crippen LogP contribution in [-0.4, -0.2) is 34.5 Å². The fourth-order valence-electron chi connectivity index (χ4n) is 3.59. The summed E-state index contributed by atoms with van der Waals surface area (Å²) in [5, 5.41) is 9.26. The lowest BCUT2D eigenvalue weighted by atomic mass is 9.93. The second-order valence-corrected chi connectivity index (χ2v) is 6.27. The maximum atomic E-state index is 12.7. The van der Waals surface area contributed by atoms with Crippen LogP contribution in [0.15, 0.2) is 54.6 Å². The summed E-state index contributed by atoms with van der Waals surface area (Å²) in [6, 6.07) is 17.1. The van der Waals surface area contributed by atoms with Crippen LogP contribution in [0, 0.1) is 0 Å². The van der Waals surface area contributed by atoms with Crippen molar-refractivity contribution < 1.29 is 14.7 Å². The van der Waals surface area contributed by atoms with Gasteiger partial charge in [-0.25, -0.2) is 4.79 Å². The smallest absolute Gasteiger partial charge is 0.335 e. The molecule has 1 aliphatic heterocycles. The van der Waals surface area contributed by atoms with Crippen molar-refractivity contribution in [2.45, 2.75) is 31.7 Å². The van der Waals surface area contributed by atoms with Crippen molar-refractivity contribution in [3.63, 3.8) is 0 Å². The van der Waals surface area contributed by atoms with Crippen LogP contribution in [0.2, 0.25) is 0 Å². The van der Waals surface area contributed by atoms with Crippen molar-refractivity contribution in [2.24, 2.45) is 0 Å². The Balaban J connectivity index is 1.74. The van der Waals surface area contributed by atoms with Gasteiger partial charge in [-0.2, -0.15) is 0 Å². The highest BCUT2D eigenvalue weighted by Gasteiger charge is 2.34. The van der Waals surface area contributed by atoms with Gasteiger partial charge in [-0.05, 0) is 30.5 Å². The molecule has 0 aliphatic carbocycles. The number of amides is 1. The average molecular weight is 323 g/mol. The molecule has 1 amide bonds. The van der Waals surface area contributed by atoms with Crippen LogP contribution in [-0.2, 0) is 11.2 Å². The molecule has 1 fully saturated rings. The molecule has 0 bridgehead atoms. The fraction of sp³-hybridized carbons (Fsp3) is 0.300. The molecule has 2 atom stereocenters. The summed E-state index contributed by atoms with van der Waals surface area (Å²) in [4.78, 5) is 25.9. The Morgan fingerprint density at radius 3 is 2.46 bits per heavy atom. The van der Waals surface area contributed by atoms with Crippen LogP contribution in [0.5, 0.6) is 0 Å². The van der Waals surface area contributed by atoms with Gasteiger partial charge in [-0.15, -0.1) is 0 Å². The Bertz CT molecular complexity index is 742. The third kappa shape index (κ3) is 3.18. The molecule has 4 heteroatoms. The van der Waals surface area contributed by atoms with E-state index in [-0.39, 0.29) is 23.9 Å². The normalized spacial score (nSPS) is 20.1. The number of carbonyl (C=O) groups excluding carboxylic acids is 1. The highest BCUT2D eigenvalue weighted by molar-refractivity contribution is 5.91. The van der Waals surface area contributed by atoms with E-state index < -0.39 is 5.97 Å². The molecule has 2 aromatic rings. The van der Waals surface area contributed by atoms with Gasteiger partial charge in [0.15, 0.2) is 0 Å². The van der Waals surface area contributed by atoms with Gasteiger partial charge in [-0.3, -0.25) is 4.79 Å². The van der Waals surface area contributed by atoms with Crippen molar-refractivity contribution >= 4 is 11.9 Å². The molecule has 1 heterocycles. The van der Waals surface area contributed by atoms with E-state index in [2.05, 4.69) is 19.1 Å². The summed E-state index contributed by atoms with van der Waals surface area (Å²) in [7, 11) is 0. The number of rotatable bonds is 4. The lowest BCUT2D eigenvalue weighted by molar-refractivity contribution is -0.131. The van der Waals surface area contributed by atoms with E-state index in [9.17, 15) is 14.7 Å². The zero-order chi connectivity index (χ0) is 17.1. The van der Waals surface area contributed by atoms with Crippen molar-refractivity contribution in [3.8, 4) is 0 Å². The number of nitrogens with zero attached hydrogens (tertiary/aromatic N) is 1. The first-order valence-electron chi connectivity index (χ1n) is 8.23. The highest BCUT2D eigenvalue weighted by Crippen LogP contribution is 2.33. The Hall–Kier alpha value is -2.62. The Morgan fingerprint density at radius 1 is 1.08 bits per heavy atom. The zero-order valence-corrected chi connectivity index (χ0v) is 13.7. The number of hydrogen-bond donors (Lipinski definition) is 1. The molecule has 1 aliphatic rings. The van der Waals surface area contributed by atoms with E-state index in [0.29, 0.717) is 11.5 Å². The third-order valence-corrected chi connectivity index (χ3v) is 4.89. The van der Waals surface area contributed by atoms with Crippen LogP contribution < -0.4 is 0 Å². The van der Waals surface area contributed by atoms with Crippen LogP contribution in [0.3, 0.4) is 0 Å². The predicted octanol–water partition coefficient (Wildman–Crippen LogP) is 3.33. The third-order valence-electron chi connectivity index (χ3n) is 4.89. The molecule has 0 aromatic heterocycles. The van der Waals surface area contributed by atoms with Crippen molar-refractivity contribution in [1.82, 2.24) is 4.90 Å². The Morgan fingerprint density at radius 2 is 1.75 bits per heavy atom. The first-order chi connectivity index (χ1) is 11.6. The Kier molecular flexibility index (Phi) is 4.65. The molecule has 24 heavy (non-hydrogen) atoms. The van der Waals surface area contributed by atoms with Crippen molar-refractivity contribution in [2.75, 3.05) is 6.54 Å². The summed E-state index contributed by atoms with van der Waals surface area (Å²) in [6.45, 7) is 2.79. The molecule has 0 saturated carbocycles. The van der Waals surface area contributed by atoms with E-state index in [1.165, 1.54) is 5.56 Å². The summed E-state index contributed by atoms with van der Waals surface area (Å²) >= 11 is 0. The van der Waals surface area contributed by atoms with Gasteiger partial charge < -0.3 is 10.0 Å². The van der Waals surface area contributed by atoms with Gasteiger partial charge in [0.25, 0.3) is 0 Å². The van der Waals surface area contributed by atoms with Gasteiger partial charge in [-0.1, -0.05) is 48.5 Å². The van der Waals surface area contributed by atoms with E-state index in [4.69, 9.17) is 0 Å². The summed E-state index contributed by atoms with van der Waals surface area (Å²) in [6.07, 6.45) is 1.08. The molecular formula is C20H21NO3. The largest absolute Gasteiger partial charge is 0.478 e. The molecular weight excluding hydrogens is 302 g/mol. The van der Waals surface area contributed by atoms with Gasteiger partial charge in [0, 0.05) is 18.5 Å². The number of hydrogen-bond acceptors (Lipinski definition) is 2. The lowest BCUT2D eigenvalue weighted by Crippen LogP contribution is -2.36. The topological polar surface area (TPSA) is 57.6 Å². The minimum Gasteiger partial charge on any atom is -0.478 e. The van der Waals surface area contributed by atoms with Crippen molar-refractivity contribution in [1.29, 1.82) is 0 Å². The molecule has 0 spiro atoms. The number of carboxylic acids is 1. The molecule has 3 rings (SSSR count). The summed E-state index contributed by atoms with van der Waals surface area (Å²) in [5.41, 5.74) is 2.04. The van der Waals surface area contributed by atoms with Crippen LogP contribution >= 0.6 is 0 Å². The van der Waals surface area contributed by atoms with Crippen molar-refractivity contribution in [3.05, 3.63) is 71.3 Å². The quantitative estimate of drug-likeness (QED) is 0.939. The second kappa shape index (κ2) is 6.87. The van der Waals surface area contributed by atoms with E-state index in [1.807, 2.05) is 23.1 Å². The van der Waals surface area contributed by atoms with E-state index in [1.54, 1.807) is 24.3 Å². The molecule has 2 unspecified atom stereocenters. The average Bonchev–Trinajstić information content (AvgIpc) is 2.97. The van der Waals surface area contributed by atoms with Gasteiger partial charge in [0.05, 0.1) is 12.0 Å². The minimum atomic E-state index is -0.991. The first-order valence-corrected chi connectivity index (χ1v) is 8.23. The number of carboxylic acid groups (broad SMARTS) is 1. The van der Waals surface area contributed by atoms with Gasteiger partial charge >= 0.3 is 5.97 Å². The standard InChI is InChI=1S/C20H21NO3/c1-14-17(15-7-3-2-4-8-15)11-12-21(14)19(22)13-16-9-5-6-10-18(16)20(23)24/h2-10,14,17H,11-13H2,1H3,(H,23,24). The molecule has 1 saturated heterocycles. The summed E-state index contributed by atoms with van der Waals surface area (Å²) < 4.78 is 0. The number of carbonyl (C=O) groups is 2. The van der Waals surface area contributed by atoms with Crippen LogP contribution in [0.25, 0.3) is 0 Å². The van der Waals surface area contributed by atoms with Gasteiger partial charge in [0.2, 0.25) is 5.91 Å². The first kappa shape index (κ1) is 16.2. The highest BCUT2D eigenvalue weighted by atomic mass is 16.4. The van der Waals surface area contributed by atoms with Crippen LogP contribution in [0.1, 0.15) is 40.7 Å². The number of likely N-dealkylation sites (tertiary alicyclic amines) is 1. The van der Waals surface area contributed by atoms with E-state index in [0.717, 1.165) is 13.0 Å². The fourth-order valence-corrected chi connectivity index (χ4v) is 3.59. The van der Waals surface area contributed by atoms with E-state index >= 15 is 0 Å². The second-order valence-electron chi connectivity index (χ2n) is 6.27.